The lowest BCUT2D eigenvalue weighted by atomic mass is 9.96. The zero-order valence-corrected chi connectivity index (χ0v) is 19.3. The van der Waals surface area contributed by atoms with Crippen LogP contribution in [0.1, 0.15) is 31.7 Å². The van der Waals surface area contributed by atoms with Gasteiger partial charge in [-0.05, 0) is 55.5 Å². The number of carbonyl (C=O) groups excluding carboxylic acids is 1. The van der Waals surface area contributed by atoms with Crippen molar-refractivity contribution >= 4 is 46.1 Å². The molecule has 2 heterocycles. The molecule has 1 fully saturated rings. The number of amides is 1. The average molecular weight is 459 g/mol. The van der Waals surface area contributed by atoms with Crippen LogP contribution < -0.4 is 10.2 Å². The topological polar surface area (TPSA) is 50.2 Å². The first-order valence-electron chi connectivity index (χ1n) is 11.0. The summed E-state index contributed by atoms with van der Waals surface area (Å²) in [6, 6.07) is 13.8. The second-order valence-electron chi connectivity index (χ2n) is 8.09. The SMILES string of the molecule is CCCn1c(N2CCC(C(=O)NCCc3ccc(Cl)cc3Cl)CC2)nc2ccccc21. The zero-order valence-electron chi connectivity index (χ0n) is 17.8. The molecule has 2 aromatic carbocycles. The van der Waals surface area contributed by atoms with Crippen LogP contribution in [0.25, 0.3) is 11.0 Å². The number of aryl methyl sites for hydroxylation is 1. The molecule has 1 saturated heterocycles. The van der Waals surface area contributed by atoms with Crippen LogP contribution >= 0.6 is 23.2 Å². The number of imidazole rings is 1. The molecule has 164 valence electrons. The highest BCUT2D eigenvalue weighted by molar-refractivity contribution is 6.35. The first-order valence-corrected chi connectivity index (χ1v) is 11.7. The molecule has 5 nitrogen and oxygen atoms in total. The lowest BCUT2D eigenvalue weighted by Crippen LogP contribution is -2.42. The van der Waals surface area contributed by atoms with Gasteiger partial charge in [-0.2, -0.15) is 0 Å². The van der Waals surface area contributed by atoms with Gasteiger partial charge in [0.2, 0.25) is 11.9 Å². The Hall–Kier alpha value is -2.24. The highest BCUT2D eigenvalue weighted by Gasteiger charge is 2.27. The number of para-hydroxylation sites is 2. The van der Waals surface area contributed by atoms with Crippen molar-refractivity contribution in [3.63, 3.8) is 0 Å². The largest absolute Gasteiger partial charge is 0.356 e. The van der Waals surface area contributed by atoms with Crippen LogP contribution in [-0.4, -0.2) is 35.1 Å². The van der Waals surface area contributed by atoms with Crippen LogP contribution in [-0.2, 0) is 17.8 Å². The van der Waals surface area contributed by atoms with Crippen molar-refractivity contribution in [2.45, 2.75) is 39.2 Å². The summed E-state index contributed by atoms with van der Waals surface area (Å²) in [5, 5.41) is 4.35. The minimum absolute atomic E-state index is 0.0425. The minimum atomic E-state index is 0.0425. The van der Waals surface area contributed by atoms with E-state index in [4.69, 9.17) is 28.2 Å². The average Bonchev–Trinajstić information content (AvgIpc) is 3.14. The molecule has 3 aromatic rings. The first kappa shape index (κ1) is 22.0. The molecule has 0 spiro atoms. The Morgan fingerprint density at radius 3 is 2.68 bits per heavy atom. The Kier molecular flexibility index (Phi) is 7.03. The molecule has 0 bridgehead atoms. The normalized spacial score (nSPS) is 14.9. The molecule has 1 aliphatic heterocycles. The lowest BCUT2D eigenvalue weighted by molar-refractivity contribution is -0.125. The van der Waals surface area contributed by atoms with Gasteiger partial charge in [0.15, 0.2) is 0 Å². The van der Waals surface area contributed by atoms with Gasteiger partial charge >= 0.3 is 0 Å². The number of aromatic nitrogens is 2. The Bertz CT molecular complexity index is 1060. The number of hydrogen-bond donors (Lipinski definition) is 1. The number of carbonyl (C=O) groups is 1. The van der Waals surface area contributed by atoms with Gasteiger partial charge < -0.3 is 14.8 Å². The van der Waals surface area contributed by atoms with Crippen molar-refractivity contribution < 1.29 is 4.79 Å². The molecule has 0 aliphatic carbocycles. The van der Waals surface area contributed by atoms with Crippen molar-refractivity contribution in [3.8, 4) is 0 Å². The van der Waals surface area contributed by atoms with E-state index in [-0.39, 0.29) is 11.8 Å². The summed E-state index contributed by atoms with van der Waals surface area (Å²) >= 11 is 12.2. The van der Waals surface area contributed by atoms with Gasteiger partial charge in [-0.15, -0.1) is 0 Å². The standard InChI is InChI=1S/C24H28Cl2N4O/c1-2-13-30-22-6-4-3-5-21(22)28-24(30)29-14-10-18(11-15-29)23(31)27-12-9-17-7-8-19(25)16-20(17)26/h3-8,16,18H,2,9-15H2,1H3,(H,27,31). The third kappa shape index (κ3) is 4.99. The van der Waals surface area contributed by atoms with Crippen molar-refractivity contribution in [1.29, 1.82) is 0 Å². The summed E-state index contributed by atoms with van der Waals surface area (Å²) in [7, 11) is 0. The van der Waals surface area contributed by atoms with Crippen LogP contribution in [0.4, 0.5) is 5.95 Å². The van der Waals surface area contributed by atoms with Gasteiger partial charge in [0.05, 0.1) is 11.0 Å². The highest BCUT2D eigenvalue weighted by atomic mass is 35.5. The van der Waals surface area contributed by atoms with E-state index in [0.717, 1.165) is 55.9 Å². The van der Waals surface area contributed by atoms with Crippen LogP contribution in [0.2, 0.25) is 10.0 Å². The van der Waals surface area contributed by atoms with Crippen LogP contribution in [0.5, 0.6) is 0 Å². The number of fused-ring (bicyclic) bond motifs is 1. The van der Waals surface area contributed by atoms with Crippen LogP contribution in [0.3, 0.4) is 0 Å². The number of piperidine rings is 1. The van der Waals surface area contributed by atoms with Crippen molar-refractivity contribution in [2.24, 2.45) is 5.92 Å². The van der Waals surface area contributed by atoms with Gasteiger partial charge in [-0.3, -0.25) is 4.79 Å². The minimum Gasteiger partial charge on any atom is -0.356 e. The number of nitrogens with one attached hydrogen (secondary N) is 1. The highest BCUT2D eigenvalue weighted by Crippen LogP contribution is 2.27. The summed E-state index contributed by atoms with van der Waals surface area (Å²) in [4.78, 5) is 19.9. The Balaban J connectivity index is 1.33. The molecule has 1 aromatic heterocycles. The number of benzene rings is 2. The zero-order chi connectivity index (χ0) is 21.8. The lowest BCUT2D eigenvalue weighted by Gasteiger charge is -2.32. The third-order valence-corrected chi connectivity index (χ3v) is 6.53. The molecular formula is C24H28Cl2N4O. The Morgan fingerprint density at radius 1 is 1.16 bits per heavy atom. The van der Waals surface area contributed by atoms with Gasteiger partial charge in [-0.1, -0.05) is 48.3 Å². The third-order valence-electron chi connectivity index (χ3n) is 5.94. The summed E-state index contributed by atoms with van der Waals surface area (Å²) in [5.74, 6) is 1.20. The molecule has 1 N–H and O–H groups in total. The number of nitrogens with zero attached hydrogens (tertiary/aromatic N) is 3. The van der Waals surface area contributed by atoms with E-state index in [1.807, 2.05) is 18.2 Å². The fourth-order valence-electron chi connectivity index (χ4n) is 4.28. The van der Waals surface area contributed by atoms with Gasteiger partial charge in [0.1, 0.15) is 0 Å². The van der Waals surface area contributed by atoms with Gasteiger partial charge in [-0.25, -0.2) is 4.98 Å². The summed E-state index contributed by atoms with van der Waals surface area (Å²) < 4.78 is 2.31. The van der Waals surface area contributed by atoms with Gasteiger partial charge in [0, 0.05) is 42.1 Å². The Labute approximate surface area is 193 Å². The van der Waals surface area contributed by atoms with Crippen LogP contribution in [0, 0.1) is 5.92 Å². The molecule has 0 atom stereocenters. The molecule has 4 rings (SSSR count). The Morgan fingerprint density at radius 2 is 1.94 bits per heavy atom. The maximum Gasteiger partial charge on any atom is 0.223 e. The van der Waals surface area contributed by atoms with Crippen molar-refractivity contribution in [3.05, 3.63) is 58.1 Å². The second kappa shape index (κ2) is 9.92. The van der Waals surface area contributed by atoms with E-state index in [1.54, 1.807) is 6.07 Å². The van der Waals surface area contributed by atoms with Crippen molar-refractivity contribution in [1.82, 2.24) is 14.9 Å². The summed E-state index contributed by atoms with van der Waals surface area (Å²) in [5.41, 5.74) is 3.21. The predicted octanol–water partition coefficient (Wildman–Crippen LogP) is 5.33. The summed E-state index contributed by atoms with van der Waals surface area (Å²) in [6.07, 6.45) is 3.43. The van der Waals surface area contributed by atoms with E-state index in [0.29, 0.717) is 23.0 Å². The summed E-state index contributed by atoms with van der Waals surface area (Å²) in [6.45, 7) is 5.39. The molecule has 0 radical (unpaired) electrons. The first-order chi connectivity index (χ1) is 15.1. The number of anilines is 1. The molecule has 31 heavy (non-hydrogen) atoms. The molecule has 1 amide bonds. The van der Waals surface area contributed by atoms with E-state index in [2.05, 4.69) is 39.9 Å². The maximum atomic E-state index is 12.7. The quantitative estimate of drug-likeness (QED) is 0.520. The monoisotopic (exact) mass is 458 g/mol. The van der Waals surface area contributed by atoms with Crippen molar-refractivity contribution in [2.75, 3.05) is 24.5 Å². The number of hydrogen-bond acceptors (Lipinski definition) is 3. The molecule has 0 saturated carbocycles. The maximum absolute atomic E-state index is 12.7. The molecule has 7 heteroatoms. The molecule has 0 unspecified atom stereocenters. The van der Waals surface area contributed by atoms with E-state index in [9.17, 15) is 4.79 Å². The van der Waals surface area contributed by atoms with Crippen LogP contribution in [0.15, 0.2) is 42.5 Å². The van der Waals surface area contributed by atoms with Gasteiger partial charge in [0.25, 0.3) is 0 Å². The fraction of sp³-hybridized carbons (Fsp3) is 0.417. The number of rotatable bonds is 7. The van der Waals surface area contributed by atoms with E-state index >= 15 is 0 Å². The number of halogens is 2. The predicted molar refractivity (Wildman–Crippen MR) is 128 cm³/mol. The molecular weight excluding hydrogens is 431 g/mol. The van der Waals surface area contributed by atoms with E-state index in [1.165, 1.54) is 5.52 Å². The second-order valence-corrected chi connectivity index (χ2v) is 8.93. The smallest absolute Gasteiger partial charge is 0.223 e. The molecule has 1 aliphatic rings. The van der Waals surface area contributed by atoms with E-state index < -0.39 is 0 Å². The fourth-order valence-corrected chi connectivity index (χ4v) is 4.78.